The van der Waals surface area contributed by atoms with E-state index in [4.69, 9.17) is 10.5 Å². The highest BCUT2D eigenvalue weighted by Crippen LogP contribution is 2.34. The van der Waals surface area contributed by atoms with Crippen LogP contribution in [0, 0.1) is 0 Å². The minimum absolute atomic E-state index is 0.286. The van der Waals surface area contributed by atoms with Crippen LogP contribution in [0.3, 0.4) is 0 Å². The number of nitrogen functional groups attached to an aromatic ring is 1. The summed E-state index contributed by atoms with van der Waals surface area (Å²) in [5.41, 5.74) is 7.04. The molecule has 3 aromatic rings. The largest absolute Gasteiger partial charge is 0.494 e. The molecule has 102 valence electrons. The Hall–Kier alpha value is -2.26. The summed E-state index contributed by atoms with van der Waals surface area (Å²) in [4.78, 5) is 16.7. The molecule has 3 N–H and O–H groups in total. The number of rotatable bonds is 3. The van der Waals surface area contributed by atoms with Crippen molar-refractivity contribution in [3.63, 3.8) is 0 Å². The van der Waals surface area contributed by atoms with Crippen LogP contribution in [0.1, 0.15) is 9.67 Å². The molecule has 0 spiro atoms. The number of hydrogen-bond acceptors (Lipinski definition) is 8. The number of methoxy groups -OCH3 is 1. The van der Waals surface area contributed by atoms with Gasteiger partial charge in [0.25, 0.3) is 5.91 Å². The van der Waals surface area contributed by atoms with E-state index < -0.39 is 0 Å². The summed E-state index contributed by atoms with van der Waals surface area (Å²) in [6, 6.07) is 3.49. The van der Waals surface area contributed by atoms with Gasteiger partial charge in [0.2, 0.25) is 0 Å². The maximum atomic E-state index is 11.9. The van der Waals surface area contributed by atoms with Gasteiger partial charge in [-0.3, -0.25) is 10.1 Å². The first-order valence-corrected chi connectivity index (χ1v) is 7.09. The van der Waals surface area contributed by atoms with E-state index in [1.54, 1.807) is 19.2 Å². The quantitative estimate of drug-likeness (QED) is 0.717. The molecule has 20 heavy (non-hydrogen) atoms. The lowest BCUT2D eigenvalue weighted by molar-refractivity contribution is 0.103. The van der Waals surface area contributed by atoms with Gasteiger partial charge < -0.3 is 10.5 Å². The van der Waals surface area contributed by atoms with E-state index >= 15 is 0 Å². The van der Waals surface area contributed by atoms with Gasteiger partial charge in [-0.15, -0.1) is 5.10 Å². The topological polar surface area (TPSA) is 103 Å². The summed E-state index contributed by atoms with van der Waals surface area (Å²) < 4.78 is 9.72. The van der Waals surface area contributed by atoms with Crippen LogP contribution in [-0.2, 0) is 0 Å². The Labute approximate surface area is 121 Å². The molecule has 0 aliphatic rings. The van der Waals surface area contributed by atoms with Crippen molar-refractivity contribution in [1.29, 1.82) is 0 Å². The third kappa shape index (κ3) is 2.28. The number of carbonyl (C=O) groups excluding carboxylic acids is 1. The van der Waals surface area contributed by atoms with Crippen LogP contribution in [0.5, 0.6) is 5.75 Å². The average molecular weight is 307 g/mol. The molecule has 0 saturated heterocycles. The van der Waals surface area contributed by atoms with E-state index in [0.29, 0.717) is 27.0 Å². The first-order chi connectivity index (χ1) is 9.67. The lowest BCUT2D eigenvalue weighted by Gasteiger charge is -2.01. The second-order valence-electron chi connectivity index (χ2n) is 3.82. The number of ether oxygens (including phenoxy) is 1. The van der Waals surface area contributed by atoms with Crippen LogP contribution in [0.2, 0.25) is 0 Å². The van der Waals surface area contributed by atoms with Crippen LogP contribution >= 0.6 is 22.9 Å². The van der Waals surface area contributed by atoms with Crippen LogP contribution < -0.4 is 15.8 Å². The first kappa shape index (κ1) is 12.8. The Morgan fingerprint density at radius 1 is 1.45 bits per heavy atom. The number of carbonyl (C=O) groups is 1. The van der Waals surface area contributed by atoms with Gasteiger partial charge in [-0.05, 0) is 17.6 Å². The number of benzene rings is 1. The number of nitrogens with one attached hydrogen (secondary N) is 1. The Balaban J connectivity index is 1.95. The molecule has 3 rings (SSSR count). The molecule has 0 atom stereocenters. The Morgan fingerprint density at radius 2 is 2.30 bits per heavy atom. The molecule has 1 aromatic carbocycles. The highest BCUT2D eigenvalue weighted by atomic mass is 32.1. The van der Waals surface area contributed by atoms with E-state index in [9.17, 15) is 4.79 Å². The van der Waals surface area contributed by atoms with E-state index in [2.05, 4.69) is 19.9 Å². The number of anilines is 2. The zero-order valence-corrected chi connectivity index (χ0v) is 11.9. The Bertz CT molecular complexity index is 769. The fourth-order valence-corrected chi connectivity index (χ4v) is 2.99. The van der Waals surface area contributed by atoms with Gasteiger partial charge in [0.05, 0.1) is 18.0 Å². The lowest BCUT2D eigenvalue weighted by Crippen LogP contribution is -2.09. The number of hydrogen-bond donors (Lipinski definition) is 2. The fraction of sp³-hybridized carbons (Fsp3) is 0.0909. The molecule has 0 aliphatic carbocycles. The van der Waals surface area contributed by atoms with Crippen LogP contribution in [-0.4, -0.2) is 27.6 Å². The van der Waals surface area contributed by atoms with Gasteiger partial charge in [0.1, 0.15) is 16.1 Å². The van der Waals surface area contributed by atoms with Gasteiger partial charge in [-0.2, -0.15) is 0 Å². The van der Waals surface area contributed by atoms with Gasteiger partial charge in [-0.1, -0.05) is 15.8 Å². The van der Waals surface area contributed by atoms with Crippen molar-refractivity contribution in [1.82, 2.24) is 14.6 Å². The van der Waals surface area contributed by atoms with Gasteiger partial charge in [0, 0.05) is 11.8 Å². The van der Waals surface area contributed by atoms with Crippen LogP contribution in [0.4, 0.5) is 10.8 Å². The van der Waals surface area contributed by atoms with E-state index in [1.165, 1.54) is 17.5 Å². The number of nitrogens with zero attached hydrogens (tertiary/aromatic N) is 3. The summed E-state index contributed by atoms with van der Waals surface area (Å²) >= 11 is 2.35. The molecule has 0 fully saturated rings. The minimum atomic E-state index is -0.286. The predicted octanol–water partition coefficient (Wildman–Crippen LogP) is 1.99. The number of nitrogens with two attached hydrogens (primary N) is 1. The maximum Gasteiger partial charge on any atom is 0.270 e. The second-order valence-corrected chi connectivity index (χ2v) is 5.64. The van der Waals surface area contributed by atoms with E-state index in [0.717, 1.165) is 16.2 Å². The zero-order valence-electron chi connectivity index (χ0n) is 10.3. The fourth-order valence-electron chi connectivity index (χ4n) is 1.65. The summed E-state index contributed by atoms with van der Waals surface area (Å²) in [6.07, 6.45) is 1.41. The lowest BCUT2D eigenvalue weighted by atomic mass is 10.3. The van der Waals surface area contributed by atoms with Crippen molar-refractivity contribution in [3.05, 3.63) is 23.2 Å². The van der Waals surface area contributed by atoms with E-state index in [1.807, 2.05) is 0 Å². The molecule has 0 unspecified atom stereocenters. The Kier molecular flexibility index (Phi) is 3.20. The van der Waals surface area contributed by atoms with Crippen molar-refractivity contribution in [2.45, 2.75) is 0 Å². The summed E-state index contributed by atoms with van der Waals surface area (Å²) in [7, 11) is 1.55. The van der Waals surface area contributed by atoms with Gasteiger partial charge in [0.15, 0.2) is 5.13 Å². The highest BCUT2D eigenvalue weighted by molar-refractivity contribution is 7.22. The molecule has 0 aliphatic heterocycles. The smallest absolute Gasteiger partial charge is 0.270 e. The number of amides is 1. The zero-order chi connectivity index (χ0) is 14.1. The number of fused-ring (bicyclic) bond motifs is 1. The molecule has 0 bridgehead atoms. The van der Waals surface area contributed by atoms with Gasteiger partial charge in [-0.25, -0.2) is 4.98 Å². The maximum absolute atomic E-state index is 11.9. The molecule has 2 heterocycles. The predicted molar refractivity (Wildman–Crippen MR) is 78.4 cm³/mol. The monoisotopic (exact) mass is 307 g/mol. The standard InChI is InChI=1S/C11H9N5O2S2/c1-18-6-2-5(12)3-7-9(6)14-11(19-7)15-10(17)8-4-13-16-20-8/h2-4H,12H2,1H3,(H,14,15,17). The van der Waals surface area contributed by atoms with Crippen LogP contribution in [0.25, 0.3) is 10.2 Å². The van der Waals surface area contributed by atoms with Crippen molar-refractivity contribution >= 4 is 49.8 Å². The minimum Gasteiger partial charge on any atom is -0.494 e. The average Bonchev–Trinajstić information content (AvgIpc) is 3.05. The number of aromatic nitrogens is 3. The molecule has 7 nitrogen and oxygen atoms in total. The first-order valence-electron chi connectivity index (χ1n) is 5.50. The van der Waals surface area contributed by atoms with Gasteiger partial charge >= 0.3 is 0 Å². The second kappa shape index (κ2) is 5.02. The highest BCUT2D eigenvalue weighted by Gasteiger charge is 2.14. The molecule has 0 radical (unpaired) electrons. The third-order valence-electron chi connectivity index (χ3n) is 2.51. The summed E-state index contributed by atoms with van der Waals surface area (Å²) in [5.74, 6) is 0.294. The molecule has 0 saturated carbocycles. The van der Waals surface area contributed by atoms with Crippen molar-refractivity contribution < 1.29 is 9.53 Å². The molecular formula is C11H9N5O2S2. The number of thiazole rings is 1. The summed E-state index contributed by atoms with van der Waals surface area (Å²) in [5, 5.41) is 6.80. The SMILES string of the molecule is COc1cc(N)cc2sc(NC(=O)c3cnns3)nc12. The van der Waals surface area contributed by atoms with Crippen molar-refractivity contribution in [2.75, 3.05) is 18.2 Å². The van der Waals surface area contributed by atoms with Crippen molar-refractivity contribution in [2.24, 2.45) is 0 Å². The molecular weight excluding hydrogens is 298 g/mol. The normalized spacial score (nSPS) is 10.7. The Morgan fingerprint density at radius 3 is 3.00 bits per heavy atom. The molecule has 9 heteroatoms. The molecule has 1 amide bonds. The molecule has 2 aromatic heterocycles. The summed E-state index contributed by atoms with van der Waals surface area (Å²) in [6.45, 7) is 0. The van der Waals surface area contributed by atoms with E-state index in [-0.39, 0.29) is 5.91 Å². The van der Waals surface area contributed by atoms with Crippen LogP contribution in [0.15, 0.2) is 18.3 Å². The third-order valence-corrected chi connectivity index (χ3v) is 4.09. The van der Waals surface area contributed by atoms with Crippen molar-refractivity contribution in [3.8, 4) is 5.75 Å².